The summed E-state index contributed by atoms with van der Waals surface area (Å²) >= 11 is 0. The normalized spacial score (nSPS) is 9.85. The van der Waals surface area contributed by atoms with Crippen LogP contribution in [0, 0.1) is 13.8 Å². The molecule has 0 saturated carbocycles. The Kier molecular flexibility index (Phi) is 2.71. The minimum Gasteiger partial charge on any atom is -0.496 e. The molecule has 1 aromatic carbocycles. The van der Waals surface area contributed by atoms with Gasteiger partial charge < -0.3 is 4.74 Å². The lowest BCUT2D eigenvalue weighted by atomic mass is 10.0. The van der Waals surface area contributed by atoms with E-state index in [2.05, 4.69) is 0 Å². The zero-order valence-corrected chi connectivity index (χ0v) is 8.47. The molecule has 0 aliphatic rings. The minimum atomic E-state index is 0.0915. The predicted octanol–water partition coefficient (Wildman–Crippen LogP) is 2.51. The number of aryl methyl sites for hydroxylation is 2. The molecule has 0 radical (unpaired) electrons. The molecule has 0 heterocycles. The lowest BCUT2D eigenvalue weighted by Crippen LogP contribution is -1.97. The Morgan fingerprint density at radius 2 is 1.69 bits per heavy atom. The molecule has 0 spiro atoms. The van der Waals surface area contributed by atoms with E-state index in [0.717, 1.165) is 22.4 Å². The highest BCUT2D eigenvalue weighted by Gasteiger charge is 2.07. The molecular formula is C11H14O2. The van der Waals surface area contributed by atoms with Crippen LogP contribution >= 0.6 is 0 Å². The second kappa shape index (κ2) is 3.60. The number of ketones is 1. The topological polar surface area (TPSA) is 26.3 Å². The summed E-state index contributed by atoms with van der Waals surface area (Å²) in [5.41, 5.74) is 2.76. The maximum Gasteiger partial charge on any atom is 0.159 e. The van der Waals surface area contributed by atoms with Gasteiger partial charge in [-0.1, -0.05) is 0 Å². The van der Waals surface area contributed by atoms with Gasteiger partial charge >= 0.3 is 0 Å². The molecule has 1 rings (SSSR count). The highest BCUT2D eigenvalue weighted by Crippen LogP contribution is 2.24. The number of methoxy groups -OCH3 is 1. The maximum absolute atomic E-state index is 11.1. The molecule has 0 N–H and O–H groups in total. The molecule has 0 fully saturated rings. The van der Waals surface area contributed by atoms with Crippen LogP contribution in [0.3, 0.4) is 0 Å². The Hall–Kier alpha value is -1.31. The number of rotatable bonds is 2. The maximum atomic E-state index is 11.1. The van der Waals surface area contributed by atoms with Crippen LogP contribution in [0.15, 0.2) is 12.1 Å². The standard InChI is InChI=1S/C11H14O2/c1-7-5-10(9(3)12)6-8(2)11(7)13-4/h5-6H,1-4H3. The Labute approximate surface area is 78.5 Å². The van der Waals surface area contributed by atoms with Crippen LogP contribution in [0.1, 0.15) is 28.4 Å². The fourth-order valence-corrected chi connectivity index (χ4v) is 1.48. The third kappa shape index (κ3) is 1.89. The van der Waals surface area contributed by atoms with Gasteiger partial charge in [0.05, 0.1) is 7.11 Å². The molecule has 0 unspecified atom stereocenters. The lowest BCUT2D eigenvalue weighted by molar-refractivity contribution is 0.101. The summed E-state index contributed by atoms with van der Waals surface area (Å²) in [7, 11) is 1.64. The first-order chi connectivity index (χ1) is 6.06. The van der Waals surface area contributed by atoms with E-state index in [0.29, 0.717) is 0 Å². The Morgan fingerprint density at radius 1 is 1.23 bits per heavy atom. The summed E-state index contributed by atoms with van der Waals surface area (Å²) in [6, 6.07) is 3.71. The highest BCUT2D eigenvalue weighted by molar-refractivity contribution is 5.94. The average molecular weight is 178 g/mol. The number of Topliss-reactive ketones (excluding diaryl/α,β-unsaturated/α-hetero) is 1. The van der Waals surface area contributed by atoms with Crippen LogP contribution in [0.25, 0.3) is 0 Å². The van der Waals surface area contributed by atoms with Crippen molar-refractivity contribution in [3.8, 4) is 5.75 Å². The number of hydrogen-bond acceptors (Lipinski definition) is 2. The molecule has 0 saturated heterocycles. The van der Waals surface area contributed by atoms with E-state index in [9.17, 15) is 4.79 Å². The Balaban J connectivity index is 3.28. The third-order valence-electron chi connectivity index (χ3n) is 2.07. The van der Waals surface area contributed by atoms with Gasteiger partial charge in [0.25, 0.3) is 0 Å². The summed E-state index contributed by atoms with van der Waals surface area (Å²) in [4.78, 5) is 11.1. The number of ether oxygens (including phenoxy) is 1. The highest BCUT2D eigenvalue weighted by atomic mass is 16.5. The number of benzene rings is 1. The van der Waals surface area contributed by atoms with E-state index >= 15 is 0 Å². The van der Waals surface area contributed by atoms with Crippen LogP contribution < -0.4 is 4.74 Å². The molecule has 2 nitrogen and oxygen atoms in total. The summed E-state index contributed by atoms with van der Waals surface area (Å²) in [6.07, 6.45) is 0. The monoisotopic (exact) mass is 178 g/mol. The van der Waals surface area contributed by atoms with Gasteiger partial charge in [-0.05, 0) is 44.0 Å². The van der Waals surface area contributed by atoms with Crippen LogP contribution in [0.2, 0.25) is 0 Å². The first-order valence-electron chi connectivity index (χ1n) is 4.22. The summed E-state index contributed by atoms with van der Waals surface area (Å²) in [5.74, 6) is 0.957. The van der Waals surface area contributed by atoms with Crippen molar-refractivity contribution in [1.82, 2.24) is 0 Å². The smallest absolute Gasteiger partial charge is 0.159 e. The molecular weight excluding hydrogens is 164 g/mol. The zero-order chi connectivity index (χ0) is 10.0. The SMILES string of the molecule is COc1c(C)cc(C(C)=O)cc1C. The van der Waals surface area contributed by atoms with Gasteiger partial charge in [-0.25, -0.2) is 0 Å². The number of carbonyl (C=O) groups is 1. The largest absolute Gasteiger partial charge is 0.496 e. The number of carbonyl (C=O) groups excluding carboxylic acids is 1. The molecule has 0 atom stereocenters. The lowest BCUT2D eigenvalue weighted by Gasteiger charge is -2.09. The van der Waals surface area contributed by atoms with Crippen LogP contribution in [0.4, 0.5) is 0 Å². The fourth-order valence-electron chi connectivity index (χ4n) is 1.48. The van der Waals surface area contributed by atoms with Crippen LogP contribution in [0.5, 0.6) is 5.75 Å². The number of hydrogen-bond donors (Lipinski definition) is 0. The molecule has 0 amide bonds. The van der Waals surface area contributed by atoms with Crippen molar-refractivity contribution >= 4 is 5.78 Å². The van der Waals surface area contributed by atoms with E-state index in [4.69, 9.17) is 4.74 Å². The van der Waals surface area contributed by atoms with Gasteiger partial charge in [0, 0.05) is 5.56 Å². The van der Waals surface area contributed by atoms with Crippen molar-refractivity contribution in [2.75, 3.05) is 7.11 Å². The van der Waals surface area contributed by atoms with E-state index in [-0.39, 0.29) is 5.78 Å². The van der Waals surface area contributed by atoms with E-state index in [1.807, 2.05) is 26.0 Å². The van der Waals surface area contributed by atoms with Crippen molar-refractivity contribution in [3.05, 3.63) is 28.8 Å². The molecule has 2 heteroatoms. The first-order valence-corrected chi connectivity index (χ1v) is 4.22. The minimum absolute atomic E-state index is 0.0915. The zero-order valence-electron chi connectivity index (χ0n) is 8.47. The van der Waals surface area contributed by atoms with Gasteiger partial charge in [0.2, 0.25) is 0 Å². The second-order valence-electron chi connectivity index (χ2n) is 3.20. The van der Waals surface area contributed by atoms with Gasteiger partial charge in [-0.3, -0.25) is 4.79 Å². The summed E-state index contributed by atoms with van der Waals surface area (Å²) in [6.45, 7) is 5.46. The van der Waals surface area contributed by atoms with Gasteiger partial charge in [-0.2, -0.15) is 0 Å². The molecule has 0 aromatic heterocycles. The van der Waals surface area contributed by atoms with Crippen LogP contribution in [-0.2, 0) is 0 Å². The average Bonchev–Trinajstić information content (AvgIpc) is 2.03. The van der Waals surface area contributed by atoms with Crippen molar-refractivity contribution in [2.45, 2.75) is 20.8 Å². The summed E-state index contributed by atoms with van der Waals surface area (Å²) < 4.78 is 5.20. The first kappa shape index (κ1) is 9.78. The third-order valence-corrected chi connectivity index (χ3v) is 2.07. The van der Waals surface area contributed by atoms with Crippen molar-refractivity contribution in [3.63, 3.8) is 0 Å². The van der Waals surface area contributed by atoms with Crippen molar-refractivity contribution < 1.29 is 9.53 Å². The quantitative estimate of drug-likeness (QED) is 0.650. The molecule has 0 bridgehead atoms. The summed E-state index contributed by atoms with van der Waals surface area (Å²) in [5, 5.41) is 0. The Bertz CT molecular complexity index is 317. The molecule has 0 aliphatic carbocycles. The fraction of sp³-hybridized carbons (Fsp3) is 0.364. The Morgan fingerprint density at radius 3 is 2.00 bits per heavy atom. The van der Waals surface area contributed by atoms with Crippen LogP contribution in [-0.4, -0.2) is 12.9 Å². The molecule has 13 heavy (non-hydrogen) atoms. The van der Waals surface area contributed by atoms with Gasteiger partial charge in [-0.15, -0.1) is 0 Å². The molecule has 70 valence electrons. The van der Waals surface area contributed by atoms with E-state index in [1.165, 1.54) is 0 Å². The molecule has 0 aliphatic heterocycles. The van der Waals surface area contributed by atoms with Crippen molar-refractivity contribution in [1.29, 1.82) is 0 Å². The van der Waals surface area contributed by atoms with E-state index in [1.54, 1.807) is 14.0 Å². The molecule has 1 aromatic rings. The van der Waals surface area contributed by atoms with Crippen molar-refractivity contribution in [2.24, 2.45) is 0 Å². The van der Waals surface area contributed by atoms with E-state index < -0.39 is 0 Å². The van der Waals surface area contributed by atoms with Gasteiger partial charge in [0.1, 0.15) is 5.75 Å². The predicted molar refractivity (Wildman–Crippen MR) is 52.5 cm³/mol. The second-order valence-corrected chi connectivity index (χ2v) is 3.20. The van der Waals surface area contributed by atoms with Gasteiger partial charge in [0.15, 0.2) is 5.78 Å².